The highest BCUT2D eigenvalue weighted by atomic mass is 16.3. The molecular formula is C35H21BN3O2. The third-order valence-corrected chi connectivity index (χ3v) is 8.19. The van der Waals surface area contributed by atoms with E-state index in [-0.39, 0.29) is 0 Å². The lowest BCUT2D eigenvalue weighted by molar-refractivity contribution is 0.614. The summed E-state index contributed by atoms with van der Waals surface area (Å²) in [6, 6.07) is 41.7. The van der Waals surface area contributed by atoms with Crippen LogP contribution in [0.5, 0.6) is 0 Å². The van der Waals surface area contributed by atoms with Gasteiger partial charge in [-0.25, -0.2) is 4.98 Å². The van der Waals surface area contributed by atoms with E-state index < -0.39 is 0 Å². The van der Waals surface area contributed by atoms with Crippen molar-refractivity contribution in [2.45, 2.75) is 0 Å². The van der Waals surface area contributed by atoms with Crippen LogP contribution in [-0.4, -0.2) is 26.6 Å². The molecule has 0 bridgehead atoms. The first-order chi connectivity index (χ1) is 20.3. The molecule has 1 N–H and O–H groups in total. The lowest BCUT2D eigenvalue weighted by Gasteiger charge is -2.14. The number of hydrogen-bond donors (Lipinski definition) is 1. The van der Waals surface area contributed by atoms with E-state index in [1.54, 1.807) is 0 Å². The molecule has 9 aromatic rings. The van der Waals surface area contributed by atoms with Gasteiger partial charge in [-0.15, -0.1) is 0 Å². The van der Waals surface area contributed by atoms with Gasteiger partial charge in [-0.05, 0) is 42.5 Å². The van der Waals surface area contributed by atoms with Crippen molar-refractivity contribution in [1.29, 1.82) is 0 Å². The van der Waals surface area contributed by atoms with E-state index >= 15 is 0 Å². The summed E-state index contributed by atoms with van der Waals surface area (Å²) in [5.74, 6) is 0.725. The molecule has 4 heterocycles. The highest BCUT2D eigenvalue weighted by Gasteiger charge is 2.19. The number of benzene rings is 5. The second kappa shape index (κ2) is 8.34. The maximum atomic E-state index is 10.2. The lowest BCUT2D eigenvalue weighted by Crippen LogP contribution is -2.21. The zero-order valence-electron chi connectivity index (χ0n) is 21.8. The zero-order valence-corrected chi connectivity index (χ0v) is 21.8. The average molecular weight is 526 g/mol. The fourth-order valence-corrected chi connectivity index (χ4v) is 6.47. The van der Waals surface area contributed by atoms with Crippen LogP contribution in [0, 0.1) is 0 Å². The van der Waals surface area contributed by atoms with Crippen LogP contribution in [0.15, 0.2) is 126 Å². The first kappa shape index (κ1) is 22.5. The second-order valence-electron chi connectivity index (χ2n) is 10.4. The molecule has 0 saturated heterocycles. The molecule has 0 aliphatic heterocycles. The zero-order chi connectivity index (χ0) is 27.1. The summed E-state index contributed by atoms with van der Waals surface area (Å²) < 4.78 is 10.7. The Hall–Kier alpha value is -5.33. The fourth-order valence-electron chi connectivity index (χ4n) is 6.47. The van der Waals surface area contributed by atoms with Crippen LogP contribution in [0.1, 0.15) is 0 Å². The van der Waals surface area contributed by atoms with Crippen LogP contribution in [0.25, 0.3) is 77.1 Å². The highest BCUT2D eigenvalue weighted by molar-refractivity contribution is 6.44. The van der Waals surface area contributed by atoms with Gasteiger partial charge >= 0.3 is 7.48 Å². The quantitative estimate of drug-likeness (QED) is 0.244. The first-order valence-corrected chi connectivity index (χ1v) is 13.6. The molecule has 41 heavy (non-hydrogen) atoms. The molecule has 9 rings (SSSR count). The molecule has 0 aliphatic carbocycles. The van der Waals surface area contributed by atoms with Crippen molar-refractivity contribution >= 4 is 78.6 Å². The molecule has 0 aliphatic rings. The van der Waals surface area contributed by atoms with Gasteiger partial charge in [-0.3, -0.25) is 4.57 Å². The van der Waals surface area contributed by atoms with E-state index in [1.807, 2.05) is 30.3 Å². The maximum Gasteiger partial charge on any atom is 0.348 e. The number of para-hydroxylation sites is 4. The molecule has 0 fully saturated rings. The molecule has 0 unspecified atom stereocenters. The average Bonchev–Trinajstić information content (AvgIpc) is 3.67. The van der Waals surface area contributed by atoms with Crippen molar-refractivity contribution in [3.8, 4) is 11.5 Å². The second-order valence-corrected chi connectivity index (χ2v) is 10.4. The number of hydrogen-bond acceptors (Lipinski definition) is 3. The predicted molar refractivity (Wildman–Crippen MR) is 168 cm³/mol. The number of aromatic nitrogens is 3. The van der Waals surface area contributed by atoms with E-state index in [9.17, 15) is 5.02 Å². The van der Waals surface area contributed by atoms with Gasteiger partial charge in [0.25, 0.3) is 0 Å². The Labute approximate surface area is 234 Å². The molecule has 0 amide bonds. The topological polar surface area (TPSA) is 56.1 Å². The van der Waals surface area contributed by atoms with Crippen LogP contribution >= 0.6 is 0 Å². The van der Waals surface area contributed by atoms with Gasteiger partial charge in [0.2, 0.25) is 0 Å². The Morgan fingerprint density at radius 1 is 0.512 bits per heavy atom. The third-order valence-electron chi connectivity index (χ3n) is 8.19. The Balaban J connectivity index is 1.40. The SMILES string of the molecule is O[B]c1cc(-n2c3ccccc3c3ccccc32)cc(-n2c3ccccc3c3cc4oc5ccccc5c4cc32)n1. The van der Waals surface area contributed by atoms with Crippen LogP contribution in [-0.2, 0) is 0 Å². The van der Waals surface area contributed by atoms with Crippen molar-refractivity contribution in [2.75, 3.05) is 0 Å². The van der Waals surface area contributed by atoms with E-state index in [0.29, 0.717) is 5.59 Å². The minimum absolute atomic E-state index is 0.486. The van der Waals surface area contributed by atoms with Gasteiger partial charge in [-0.1, -0.05) is 72.8 Å². The first-order valence-electron chi connectivity index (χ1n) is 13.6. The summed E-state index contributed by atoms with van der Waals surface area (Å²) in [6.45, 7) is 0. The molecule has 1 radical (unpaired) electrons. The van der Waals surface area contributed by atoms with Crippen LogP contribution in [0.2, 0.25) is 0 Å². The molecule has 0 spiro atoms. The highest BCUT2D eigenvalue weighted by Crippen LogP contribution is 2.38. The van der Waals surface area contributed by atoms with E-state index in [0.717, 1.165) is 73.8 Å². The summed E-state index contributed by atoms with van der Waals surface area (Å²) in [7, 11) is 1.08. The minimum Gasteiger partial charge on any atom is -0.456 e. The molecule has 0 saturated carbocycles. The molecular weight excluding hydrogens is 505 g/mol. The van der Waals surface area contributed by atoms with E-state index in [4.69, 9.17) is 9.40 Å². The summed E-state index contributed by atoms with van der Waals surface area (Å²) in [6.07, 6.45) is 0. The van der Waals surface area contributed by atoms with Crippen molar-refractivity contribution < 1.29 is 9.44 Å². The standard InChI is InChI=1S/C35H21BN3O2/c40-36-34-17-21(38-28-13-5-1-9-22(28)23-10-2-6-14-29(23)38)18-35(37-34)39-30-15-7-3-11-24(30)26-20-33-27(19-31(26)39)25-12-4-8-16-32(25)41-33/h1-20,40H. The number of nitrogens with zero attached hydrogens (tertiary/aromatic N) is 3. The summed E-state index contributed by atoms with van der Waals surface area (Å²) >= 11 is 0. The van der Waals surface area contributed by atoms with Crippen LogP contribution in [0.3, 0.4) is 0 Å². The molecule has 191 valence electrons. The molecule has 6 heteroatoms. The van der Waals surface area contributed by atoms with Gasteiger partial charge in [0, 0.05) is 44.0 Å². The van der Waals surface area contributed by atoms with Crippen molar-refractivity contribution in [3.63, 3.8) is 0 Å². The van der Waals surface area contributed by atoms with Gasteiger partial charge in [0.15, 0.2) is 0 Å². The van der Waals surface area contributed by atoms with Crippen LogP contribution < -0.4 is 5.59 Å². The number of fused-ring (bicyclic) bond motifs is 9. The van der Waals surface area contributed by atoms with Gasteiger partial charge in [0.1, 0.15) is 17.0 Å². The van der Waals surface area contributed by atoms with Gasteiger partial charge < -0.3 is 14.0 Å². The van der Waals surface area contributed by atoms with Crippen molar-refractivity contribution in [2.24, 2.45) is 0 Å². The molecule has 0 atom stereocenters. The Kier molecular flexibility index (Phi) is 4.57. The van der Waals surface area contributed by atoms with E-state index in [2.05, 4.69) is 100 Å². The summed E-state index contributed by atoms with van der Waals surface area (Å²) in [4.78, 5) is 4.92. The monoisotopic (exact) mass is 526 g/mol. The minimum atomic E-state index is 0.486. The number of pyridine rings is 1. The summed E-state index contributed by atoms with van der Waals surface area (Å²) in [5.41, 5.74) is 7.41. The third kappa shape index (κ3) is 3.13. The predicted octanol–water partition coefficient (Wildman–Crippen LogP) is 7.41. The molecule has 5 nitrogen and oxygen atoms in total. The lowest BCUT2D eigenvalue weighted by atomic mass is 9.95. The molecule has 4 aromatic heterocycles. The van der Waals surface area contributed by atoms with Crippen LogP contribution in [0.4, 0.5) is 0 Å². The largest absolute Gasteiger partial charge is 0.456 e. The summed E-state index contributed by atoms with van der Waals surface area (Å²) in [5, 5.41) is 17.0. The van der Waals surface area contributed by atoms with Gasteiger partial charge in [-0.2, -0.15) is 0 Å². The van der Waals surface area contributed by atoms with Gasteiger partial charge in [0.05, 0.1) is 27.8 Å². The smallest absolute Gasteiger partial charge is 0.348 e. The Morgan fingerprint density at radius 2 is 1.10 bits per heavy atom. The number of rotatable bonds is 3. The molecule has 5 aromatic carbocycles. The Bertz CT molecular complexity index is 2430. The van der Waals surface area contributed by atoms with Crippen molar-refractivity contribution in [3.05, 3.63) is 121 Å². The number of furan rings is 1. The fraction of sp³-hybridized carbons (Fsp3) is 0. The maximum absolute atomic E-state index is 10.2. The van der Waals surface area contributed by atoms with Crippen molar-refractivity contribution in [1.82, 2.24) is 14.1 Å². The normalized spacial score (nSPS) is 12.0. The van der Waals surface area contributed by atoms with E-state index in [1.165, 1.54) is 10.8 Å². The Morgan fingerprint density at radius 3 is 1.78 bits per heavy atom.